The minimum Gasteiger partial charge on any atom is -0.490 e. The summed E-state index contributed by atoms with van der Waals surface area (Å²) in [7, 11) is -1.45. The van der Waals surface area contributed by atoms with Crippen molar-refractivity contribution < 1.29 is 18.5 Å². The largest absolute Gasteiger partial charge is 0.490 e. The second kappa shape index (κ2) is 14.1. The molecule has 2 aliphatic heterocycles. The van der Waals surface area contributed by atoms with Gasteiger partial charge in [-0.3, -0.25) is 4.79 Å². The van der Waals surface area contributed by atoms with Gasteiger partial charge in [0.25, 0.3) is 5.91 Å². The van der Waals surface area contributed by atoms with Crippen LogP contribution in [0.25, 0.3) is 0 Å². The third kappa shape index (κ3) is 7.43. The van der Waals surface area contributed by atoms with Crippen molar-refractivity contribution in [1.29, 1.82) is 0 Å². The summed E-state index contributed by atoms with van der Waals surface area (Å²) in [5, 5.41) is 6.84. The number of anilines is 1. The van der Waals surface area contributed by atoms with E-state index in [9.17, 15) is 9.00 Å². The summed E-state index contributed by atoms with van der Waals surface area (Å²) in [4.78, 5) is 15.8. The molecule has 2 heterocycles. The first-order valence-electron chi connectivity index (χ1n) is 16.3. The zero-order valence-electron chi connectivity index (χ0n) is 27.0. The van der Waals surface area contributed by atoms with Crippen LogP contribution in [0.15, 0.2) is 52.9 Å². The number of halogens is 1. The fraction of sp³-hybridized carbons (Fsp3) is 0.571. The second-order valence-corrected chi connectivity index (χ2v) is 15.8. The SMILES string of the molecule is CCC[C@@H]1CCN2C[C@]3(COc4ccc(cc42)C(=O)N=S(N)(=O)C[C@@H](C)C/C=C/[C@@H]1OC)C[C@H](CN)[C@H](C)c1cc(Cl)ccc13. The molecule has 5 rings (SSSR count). The van der Waals surface area contributed by atoms with Gasteiger partial charge in [0, 0.05) is 42.0 Å². The molecule has 3 aliphatic rings. The third-order valence-electron chi connectivity index (χ3n) is 10.1. The molecule has 1 amide bonds. The molecule has 2 bridgehead atoms. The smallest absolute Gasteiger partial charge is 0.286 e. The van der Waals surface area contributed by atoms with Gasteiger partial charge in [-0.1, -0.05) is 57.0 Å². The normalized spacial score (nSPS) is 33.1. The standard InChI is InChI=1S/C35H49ClN4O4S/c1-5-7-25-14-15-40-21-35(18-27(19-37)24(3)29-17-28(36)11-12-30(29)35)22-44-33-13-10-26(16-31(33)40)34(41)39-45(38,42)20-23(2)8-6-9-32(25)43-4/h6,9-13,16-17,23-25,27,32H,5,7-8,14-15,18-22,37H2,1-4H3,(H2,38,39,41,42)/b9-6+/t23-,24-,25+,27+,32-,35-,45?/m0/s1. The first-order valence-corrected chi connectivity index (χ1v) is 18.4. The lowest BCUT2D eigenvalue weighted by Gasteiger charge is -2.46. The maximum absolute atomic E-state index is 13.4. The molecule has 0 saturated heterocycles. The van der Waals surface area contributed by atoms with Crippen LogP contribution in [0.3, 0.4) is 0 Å². The molecule has 8 nitrogen and oxygen atoms in total. The van der Waals surface area contributed by atoms with Gasteiger partial charge in [0.2, 0.25) is 0 Å². The number of ether oxygens (including phenoxy) is 2. The Hall–Kier alpha value is -2.43. The predicted octanol–water partition coefficient (Wildman–Crippen LogP) is 6.46. The fourth-order valence-corrected chi connectivity index (χ4v) is 9.28. The quantitative estimate of drug-likeness (QED) is 0.365. The molecule has 1 unspecified atom stereocenters. The molecular weight excluding hydrogens is 608 g/mol. The molecule has 1 spiro atoms. The van der Waals surface area contributed by atoms with Crippen LogP contribution in [0, 0.1) is 17.8 Å². The average molecular weight is 657 g/mol. The number of allylic oxidation sites excluding steroid dienone is 1. The van der Waals surface area contributed by atoms with Gasteiger partial charge in [0.15, 0.2) is 0 Å². The van der Waals surface area contributed by atoms with Gasteiger partial charge in [-0.2, -0.15) is 0 Å². The van der Waals surface area contributed by atoms with Crippen molar-refractivity contribution >= 4 is 33.1 Å². The van der Waals surface area contributed by atoms with E-state index in [2.05, 4.69) is 47.4 Å². The van der Waals surface area contributed by atoms with Gasteiger partial charge < -0.3 is 20.1 Å². The highest BCUT2D eigenvalue weighted by Gasteiger charge is 2.46. The summed E-state index contributed by atoms with van der Waals surface area (Å²) in [5.41, 5.74) is 9.69. The van der Waals surface area contributed by atoms with Crippen LogP contribution in [0.4, 0.5) is 5.69 Å². The summed E-state index contributed by atoms with van der Waals surface area (Å²) in [5.74, 6) is 1.08. The lowest BCUT2D eigenvalue weighted by molar-refractivity contribution is 0.0813. The van der Waals surface area contributed by atoms with Crippen LogP contribution in [0.1, 0.15) is 80.3 Å². The van der Waals surface area contributed by atoms with E-state index in [1.165, 1.54) is 11.1 Å². The Morgan fingerprint density at radius 3 is 2.73 bits per heavy atom. The van der Waals surface area contributed by atoms with Crippen molar-refractivity contribution in [3.05, 3.63) is 70.3 Å². The van der Waals surface area contributed by atoms with E-state index in [4.69, 9.17) is 31.9 Å². The van der Waals surface area contributed by atoms with E-state index in [1.807, 2.05) is 25.1 Å². The zero-order valence-corrected chi connectivity index (χ0v) is 28.6. The number of amides is 1. The average Bonchev–Trinajstić information content (AvgIpc) is 3.15. The summed E-state index contributed by atoms with van der Waals surface area (Å²) in [6.07, 6.45) is 8.67. The van der Waals surface area contributed by atoms with Crippen molar-refractivity contribution in [3.8, 4) is 5.75 Å². The number of fused-ring (bicyclic) bond motifs is 3. The van der Waals surface area contributed by atoms with E-state index >= 15 is 0 Å². The number of nitrogens with zero attached hydrogens (tertiary/aromatic N) is 2. The van der Waals surface area contributed by atoms with Crippen molar-refractivity contribution in [1.82, 2.24) is 0 Å². The third-order valence-corrected chi connectivity index (χ3v) is 11.8. The Bertz CT molecular complexity index is 1540. The summed E-state index contributed by atoms with van der Waals surface area (Å²) in [6.45, 7) is 8.89. The van der Waals surface area contributed by atoms with Crippen molar-refractivity contribution in [2.75, 3.05) is 44.0 Å². The highest BCUT2D eigenvalue weighted by Crippen LogP contribution is 2.50. The lowest BCUT2D eigenvalue weighted by Crippen LogP contribution is -2.49. The number of carbonyl (C=O) groups is 1. The van der Waals surface area contributed by atoms with Gasteiger partial charge in [-0.05, 0) is 97.4 Å². The fourth-order valence-electron chi connectivity index (χ4n) is 7.69. The topological polar surface area (TPSA) is 120 Å². The summed E-state index contributed by atoms with van der Waals surface area (Å²) < 4.78 is 30.0. The number of hydrogen-bond donors (Lipinski definition) is 2. The molecule has 45 heavy (non-hydrogen) atoms. The van der Waals surface area contributed by atoms with Gasteiger partial charge in [-0.15, -0.1) is 4.36 Å². The first-order chi connectivity index (χ1) is 21.5. The molecule has 0 radical (unpaired) electrons. The Labute approximate surface area is 274 Å². The highest BCUT2D eigenvalue weighted by molar-refractivity contribution is 7.91. The lowest BCUT2D eigenvalue weighted by atomic mass is 9.62. The van der Waals surface area contributed by atoms with E-state index < -0.39 is 15.8 Å². The number of methoxy groups -OCH3 is 1. The van der Waals surface area contributed by atoms with E-state index in [0.29, 0.717) is 37.4 Å². The molecule has 246 valence electrons. The maximum Gasteiger partial charge on any atom is 0.286 e. The number of benzene rings is 2. The molecule has 0 aromatic heterocycles. The number of carbonyl (C=O) groups excluding carboxylic acids is 1. The van der Waals surface area contributed by atoms with Crippen molar-refractivity contribution in [2.45, 2.75) is 70.3 Å². The van der Waals surface area contributed by atoms with Crippen LogP contribution >= 0.6 is 11.6 Å². The molecule has 1 aliphatic carbocycles. The molecule has 0 saturated carbocycles. The molecule has 0 fully saturated rings. The first kappa shape index (κ1) is 33.9. The van der Waals surface area contributed by atoms with Crippen LogP contribution < -0.4 is 20.5 Å². The van der Waals surface area contributed by atoms with Gasteiger partial charge >= 0.3 is 0 Å². The molecule has 2 aromatic carbocycles. The Morgan fingerprint density at radius 1 is 1.20 bits per heavy atom. The van der Waals surface area contributed by atoms with Crippen LogP contribution in [-0.4, -0.2) is 55.3 Å². The van der Waals surface area contributed by atoms with Crippen LogP contribution in [0.2, 0.25) is 5.02 Å². The van der Waals surface area contributed by atoms with Crippen molar-refractivity contribution in [2.24, 2.45) is 33.0 Å². The van der Waals surface area contributed by atoms with Crippen LogP contribution in [0.5, 0.6) is 5.75 Å². The molecular formula is C35H49ClN4O4S. The minimum atomic E-state index is -3.22. The number of nitrogens with two attached hydrogens (primary N) is 2. The molecule has 10 heteroatoms. The summed E-state index contributed by atoms with van der Waals surface area (Å²) >= 11 is 6.53. The van der Waals surface area contributed by atoms with E-state index in [1.54, 1.807) is 13.2 Å². The van der Waals surface area contributed by atoms with Crippen LogP contribution in [-0.2, 0) is 20.1 Å². The number of hydrogen-bond acceptors (Lipinski definition) is 6. The minimum absolute atomic E-state index is 0.00854. The Morgan fingerprint density at radius 2 is 2.00 bits per heavy atom. The van der Waals surface area contributed by atoms with Gasteiger partial charge in [0.1, 0.15) is 15.7 Å². The second-order valence-electron chi connectivity index (χ2n) is 13.5. The maximum atomic E-state index is 13.4. The molecule has 2 aromatic rings. The monoisotopic (exact) mass is 656 g/mol. The highest BCUT2D eigenvalue weighted by atomic mass is 35.5. The predicted molar refractivity (Wildman–Crippen MR) is 184 cm³/mol. The summed E-state index contributed by atoms with van der Waals surface area (Å²) in [6, 6.07) is 11.6. The molecule has 4 N–H and O–H groups in total. The van der Waals surface area contributed by atoms with Crippen molar-refractivity contribution in [3.63, 3.8) is 0 Å². The zero-order chi connectivity index (χ0) is 32.4. The Balaban J connectivity index is 1.63. The Kier molecular flexibility index (Phi) is 10.7. The van der Waals surface area contributed by atoms with E-state index in [-0.39, 0.29) is 40.9 Å². The molecule has 7 atom stereocenters. The number of rotatable bonds is 4. The van der Waals surface area contributed by atoms with E-state index in [0.717, 1.165) is 42.9 Å². The van der Waals surface area contributed by atoms with Gasteiger partial charge in [0.05, 0.1) is 18.4 Å². The van der Waals surface area contributed by atoms with Gasteiger partial charge in [-0.25, -0.2) is 9.35 Å².